The highest BCUT2D eigenvalue weighted by atomic mass is 35.5. The van der Waals surface area contributed by atoms with E-state index >= 15 is 0 Å². The number of amides is 1. The molecule has 0 N–H and O–H groups in total. The van der Waals surface area contributed by atoms with Crippen molar-refractivity contribution in [1.29, 1.82) is 0 Å². The summed E-state index contributed by atoms with van der Waals surface area (Å²) in [5.74, 6) is -0.362. The van der Waals surface area contributed by atoms with Crippen molar-refractivity contribution in [3.63, 3.8) is 0 Å². The zero-order valence-corrected chi connectivity index (χ0v) is 16.5. The largest absolute Gasteiger partial charge is 0.324 e. The minimum Gasteiger partial charge on any atom is -0.268 e. The van der Waals surface area contributed by atoms with Crippen LogP contribution in [-0.4, -0.2) is 9.83 Å². The summed E-state index contributed by atoms with van der Waals surface area (Å²) in [5, 5.41) is 0. The molecule has 0 aliphatic heterocycles. The Kier molecular flexibility index (Phi) is 7.17. The van der Waals surface area contributed by atoms with Gasteiger partial charge >= 0.3 is 3.92 Å². The first-order valence-electron chi connectivity index (χ1n) is 8.06. The number of carbonyl (C=O) groups excluding carboxylic acids is 1. The molecule has 2 rings (SSSR count). The molecule has 0 saturated carbocycles. The summed E-state index contributed by atoms with van der Waals surface area (Å²) in [6.07, 6.45) is 3.01. The van der Waals surface area contributed by atoms with E-state index < -0.39 is 3.92 Å². The van der Waals surface area contributed by atoms with Crippen molar-refractivity contribution < 1.29 is 9.18 Å². The summed E-state index contributed by atoms with van der Waals surface area (Å²) in [4.78, 5) is 13.0. The molecule has 0 saturated heterocycles. The predicted molar refractivity (Wildman–Crippen MR) is 106 cm³/mol. The monoisotopic (exact) mass is 399 g/mol. The van der Waals surface area contributed by atoms with E-state index in [0.29, 0.717) is 23.2 Å². The molecule has 2 aromatic carbocycles. The first-order valence-corrected chi connectivity index (χ1v) is 9.59. The Bertz CT molecular complexity index is 733. The highest BCUT2D eigenvalue weighted by Crippen LogP contribution is 2.41. The lowest BCUT2D eigenvalue weighted by Crippen LogP contribution is -2.28. The first-order chi connectivity index (χ1) is 11.8. The Morgan fingerprint density at radius 3 is 2.56 bits per heavy atom. The molecule has 0 unspecified atom stereocenters. The number of unbranched alkanes of at least 4 members (excludes halogenated alkanes) is 1. The molecule has 0 aliphatic carbocycles. The number of carbonyl (C=O) groups is 1. The fourth-order valence-corrected chi connectivity index (χ4v) is 3.48. The number of anilines is 1. The summed E-state index contributed by atoms with van der Waals surface area (Å²) in [6, 6.07) is 14.6. The Labute approximate surface area is 162 Å². The Balaban J connectivity index is 2.39. The van der Waals surface area contributed by atoms with Crippen LogP contribution in [0.2, 0.25) is 0 Å². The molecular formula is C19H20Cl2FNOS. The van der Waals surface area contributed by atoms with Crippen LogP contribution >= 0.6 is 35.1 Å². The Morgan fingerprint density at radius 2 is 1.92 bits per heavy atom. The molecule has 134 valence electrons. The van der Waals surface area contributed by atoms with E-state index in [1.807, 2.05) is 37.3 Å². The van der Waals surface area contributed by atoms with E-state index in [0.717, 1.165) is 30.4 Å². The van der Waals surface area contributed by atoms with Crippen molar-refractivity contribution in [2.45, 2.75) is 37.0 Å². The molecular weight excluding hydrogens is 380 g/mol. The SMILES string of the molecule is CCCCc1cccc(N(SC(F)(Cl)Cl)C(=O)c2ccccc2C)c1. The number of benzene rings is 2. The maximum absolute atomic E-state index is 13.9. The minimum absolute atomic E-state index is 0.362. The van der Waals surface area contributed by atoms with Gasteiger partial charge in [-0.1, -0.05) is 66.9 Å². The first kappa shape index (κ1) is 20.1. The van der Waals surface area contributed by atoms with Gasteiger partial charge in [0.15, 0.2) is 0 Å². The van der Waals surface area contributed by atoms with E-state index in [1.54, 1.807) is 18.2 Å². The second-order valence-electron chi connectivity index (χ2n) is 5.72. The van der Waals surface area contributed by atoms with Crippen LogP contribution in [0.15, 0.2) is 48.5 Å². The maximum atomic E-state index is 13.9. The fourth-order valence-electron chi connectivity index (χ4n) is 2.46. The fraction of sp³-hybridized carbons (Fsp3) is 0.316. The van der Waals surface area contributed by atoms with E-state index in [4.69, 9.17) is 23.2 Å². The summed E-state index contributed by atoms with van der Waals surface area (Å²) < 4.78 is 12.5. The molecule has 1 amide bonds. The quantitative estimate of drug-likeness (QED) is 0.381. The smallest absolute Gasteiger partial charge is 0.268 e. The molecule has 0 fully saturated rings. The van der Waals surface area contributed by atoms with Crippen LogP contribution in [-0.2, 0) is 6.42 Å². The van der Waals surface area contributed by atoms with Gasteiger partial charge in [-0.2, -0.15) is 4.39 Å². The van der Waals surface area contributed by atoms with Gasteiger partial charge in [-0.3, -0.25) is 4.79 Å². The number of alkyl halides is 3. The third-order valence-electron chi connectivity index (χ3n) is 3.72. The van der Waals surface area contributed by atoms with Gasteiger partial charge in [-0.15, -0.1) is 0 Å². The van der Waals surface area contributed by atoms with Gasteiger partial charge in [0, 0.05) is 17.5 Å². The molecule has 6 heteroatoms. The molecule has 0 aromatic heterocycles. The van der Waals surface area contributed by atoms with Crippen LogP contribution < -0.4 is 4.31 Å². The lowest BCUT2D eigenvalue weighted by Gasteiger charge is -2.25. The number of hydrogen-bond donors (Lipinski definition) is 0. The maximum Gasteiger partial charge on any atom is 0.324 e. The van der Waals surface area contributed by atoms with E-state index in [9.17, 15) is 9.18 Å². The van der Waals surface area contributed by atoms with Gasteiger partial charge in [0.05, 0.1) is 5.69 Å². The second kappa shape index (κ2) is 8.93. The number of hydrogen-bond acceptors (Lipinski definition) is 2. The molecule has 0 heterocycles. The minimum atomic E-state index is -2.61. The van der Waals surface area contributed by atoms with Crippen molar-refractivity contribution in [3.8, 4) is 0 Å². The van der Waals surface area contributed by atoms with E-state index in [1.165, 1.54) is 4.31 Å². The summed E-state index contributed by atoms with van der Waals surface area (Å²) in [7, 11) is 0. The second-order valence-corrected chi connectivity index (χ2v) is 8.52. The molecule has 25 heavy (non-hydrogen) atoms. The van der Waals surface area contributed by atoms with Gasteiger partial charge in [0.25, 0.3) is 5.91 Å². The standard InChI is InChI=1S/C19H20Cl2FNOS/c1-3-4-9-15-10-7-11-16(13-15)23(25-19(20,21)22)18(24)17-12-6-5-8-14(17)2/h5-8,10-13H,3-4,9H2,1-2H3. The zero-order valence-electron chi connectivity index (χ0n) is 14.1. The van der Waals surface area contributed by atoms with E-state index in [-0.39, 0.29) is 5.91 Å². The lowest BCUT2D eigenvalue weighted by atomic mass is 10.1. The van der Waals surface area contributed by atoms with Gasteiger partial charge in [0.2, 0.25) is 0 Å². The molecule has 2 nitrogen and oxygen atoms in total. The predicted octanol–water partition coefficient (Wildman–Crippen LogP) is 6.69. The van der Waals surface area contributed by atoms with Crippen molar-refractivity contribution in [3.05, 3.63) is 65.2 Å². The van der Waals surface area contributed by atoms with Crippen molar-refractivity contribution in [2.75, 3.05) is 4.31 Å². The molecule has 0 bridgehead atoms. The van der Waals surface area contributed by atoms with Gasteiger partial charge in [0.1, 0.15) is 0 Å². The van der Waals surface area contributed by atoms with Crippen molar-refractivity contribution >= 4 is 46.7 Å². The number of nitrogens with zero attached hydrogens (tertiary/aromatic N) is 1. The van der Waals surface area contributed by atoms with Gasteiger partial charge in [-0.05, 0) is 49.1 Å². The highest BCUT2D eigenvalue weighted by molar-refractivity contribution is 8.05. The van der Waals surface area contributed by atoms with Gasteiger partial charge in [-0.25, -0.2) is 4.31 Å². The summed E-state index contributed by atoms with van der Waals surface area (Å²) in [6.45, 7) is 3.95. The third-order valence-corrected chi connectivity index (χ3v) is 4.90. The number of aryl methyl sites for hydroxylation is 2. The van der Waals surface area contributed by atoms with Gasteiger partial charge < -0.3 is 0 Å². The average molecular weight is 400 g/mol. The van der Waals surface area contributed by atoms with Crippen molar-refractivity contribution in [2.24, 2.45) is 0 Å². The molecule has 0 aliphatic rings. The molecule has 0 radical (unpaired) electrons. The lowest BCUT2D eigenvalue weighted by molar-refractivity contribution is 0.101. The van der Waals surface area contributed by atoms with Crippen LogP contribution in [0.3, 0.4) is 0 Å². The molecule has 0 atom stereocenters. The van der Waals surface area contributed by atoms with Crippen LogP contribution in [0.4, 0.5) is 10.1 Å². The van der Waals surface area contributed by atoms with Crippen LogP contribution in [0.25, 0.3) is 0 Å². The van der Waals surface area contributed by atoms with E-state index in [2.05, 4.69) is 6.92 Å². The highest BCUT2D eigenvalue weighted by Gasteiger charge is 2.32. The molecule has 0 spiro atoms. The average Bonchev–Trinajstić information content (AvgIpc) is 2.57. The van der Waals surface area contributed by atoms with Crippen LogP contribution in [0.1, 0.15) is 41.3 Å². The Morgan fingerprint density at radius 1 is 1.20 bits per heavy atom. The summed E-state index contributed by atoms with van der Waals surface area (Å²) in [5.41, 5.74) is 2.91. The Hall–Kier alpha value is -1.23. The van der Waals surface area contributed by atoms with Crippen LogP contribution in [0, 0.1) is 6.92 Å². The summed E-state index contributed by atoms with van der Waals surface area (Å²) >= 11 is 11.5. The topological polar surface area (TPSA) is 20.3 Å². The zero-order chi connectivity index (χ0) is 18.4. The molecule has 2 aromatic rings. The van der Waals surface area contributed by atoms with Crippen LogP contribution in [0.5, 0.6) is 0 Å². The number of rotatable bonds is 7. The van der Waals surface area contributed by atoms with Crippen molar-refractivity contribution in [1.82, 2.24) is 0 Å². The normalized spacial score (nSPS) is 11.4. The number of halogens is 3. The third kappa shape index (κ3) is 5.91.